The normalized spacial score (nSPS) is 25.4. The van der Waals surface area contributed by atoms with E-state index in [-0.39, 0.29) is 35.0 Å². The molecule has 0 spiro atoms. The third-order valence-corrected chi connectivity index (χ3v) is 9.58. The van der Waals surface area contributed by atoms with Gasteiger partial charge >= 0.3 is 13.5 Å². The number of aliphatic hydroxyl groups excluding tert-OH is 1. The molecule has 17 heteroatoms. The molecule has 1 saturated heterocycles. The molecule has 1 fully saturated rings. The Hall–Kier alpha value is -1.36. The zero-order valence-electron chi connectivity index (χ0n) is 24.0. The second kappa shape index (κ2) is 13.5. The molecule has 0 aromatic carbocycles. The van der Waals surface area contributed by atoms with Gasteiger partial charge in [0.1, 0.15) is 18.3 Å². The number of nitrogens with one attached hydrogen (secondary N) is 1. The van der Waals surface area contributed by atoms with Crippen LogP contribution in [0.15, 0.2) is 21.9 Å². The van der Waals surface area contributed by atoms with Crippen molar-refractivity contribution in [2.75, 3.05) is 31.3 Å². The van der Waals surface area contributed by atoms with Crippen molar-refractivity contribution in [2.45, 2.75) is 72.3 Å². The van der Waals surface area contributed by atoms with Crippen LogP contribution < -0.4 is 11.2 Å². The summed E-state index contributed by atoms with van der Waals surface area (Å²) in [6.07, 6.45) is -3.17. The monoisotopic (exact) mass is 644 g/mol. The largest absolute Gasteiger partial charge is 0.475 e. The number of rotatable bonds is 12. The predicted octanol–water partition coefficient (Wildman–Crippen LogP) is 2.61. The van der Waals surface area contributed by atoms with E-state index in [9.17, 15) is 34.0 Å². The molecule has 1 aliphatic rings. The molecule has 0 saturated carbocycles. The van der Waals surface area contributed by atoms with Crippen LogP contribution in [0.4, 0.5) is 4.39 Å². The number of halogens is 1. The van der Waals surface area contributed by atoms with Crippen LogP contribution in [0.3, 0.4) is 0 Å². The number of aliphatic hydroxyl groups is 2. The SMILES string of the molecule is CC(C)(C)C(=O)SCCOP(=O)(OCCSC(=O)C(C)(C)C)OC[C@@]1(F)O[C@@H](n2ccc(=O)[nH]c2=O)C(C)(O)[C@@H]1O. The van der Waals surface area contributed by atoms with Gasteiger partial charge in [0.05, 0.1) is 13.2 Å². The van der Waals surface area contributed by atoms with Crippen molar-refractivity contribution in [1.82, 2.24) is 9.55 Å². The Labute approximate surface area is 245 Å². The third kappa shape index (κ3) is 9.57. The van der Waals surface area contributed by atoms with Crippen LogP contribution in [-0.4, -0.2) is 78.9 Å². The maximum atomic E-state index is 15.9. The Morgan fingerprint density at radius 2 is 1.56 bits per heavy atom. The number of carbonyl (C=O) groups excluding carboxylic acids is 2. The number of nitrogens with zero attached hydrogens (tertiary/aromatic N) is 1. The molecule has 0 aliphatic carbocycles. The predicted molar refractivity (Wildman–Crippen MR) is 151 cm³/mol. The average Bonchev–Trinajstić information content (AvgIpc) is 3.02. The summed E-state index contributed by atoms with van der Waals surface area (Å²) in [4.78, 5) is 49.8. The number of H-pyrrole nitrogens is 1. The summed E-state index contributed by atoms with van der Waals surface area (Å²) >= 11 is 1.86. The van der Waals surface area contributed by atoms with Gasteiger partial charge in [-0.05, 0) is 6.92 Å². The van der Waals surface area contributed by atoms with Crippen LogP contribution in [0.5, 0.6) is 0 Å². The van der Waals surface area contributed by atoms with Crippen molar-refractivity contribution < 1.29 is 47.1 Å². The van der Waals surface area contributed by atoms with Gasteiger partial charge in [0.2, 0.25) is 0 Å². The standard InChI is InChI=1S/C24H38FN2O11PS2/c1-21(2,3)18(30)40-12-10-35-39(34,36-11-13-41-19(31)22(4,5)6)37-14-24(25)16(29)23(7,33)17(38-24)27-9-8-15(28)26-20(27)32/h8-9,16-17,29,33H,10-14H2,1-7H3,(H,26,28,32)/t16-,17+,23?,24+/m0/s1. The molecule has 3 N–H and O–H groups in total. The highest BCUT2D eigenvalue weighted by Gasteiger charge is 2.63. The molecule has 13 nitrogen and oxygen atoms in total. The Balaban J connectivity index is 2.16. The molecule has 0 radical (unpaired) electrons. The molecule has 1 aromatic rings. The average molecular weight is 645 g/mol. The summed E-state index contributed by atoms with van der Waals surface area (Å²) in [5.74, 6) is -3.08. The molecule has 1 unspecified atom stereocenters. The van der Waals surface area contributed by atoms with Crippen molar-refractivity contribution in [3.8, 4) is 0 Å². The summed E-state index contributed by atoms with van der Waals surface area (Å²) < 4.78 is 50.8. The maximum absolute atomic E-state index is 15.9. The summed E-state index contributed by atoms with van der Waals surface area (Å²) in [7, 11) is -4.57. The highest BCUT2D eigenvalue weighted by molar-refractivity contribution is 8.14. The summed E-state index contributed by atoms with van der Waals surface area (Å²) in [6.45, 7) is 9.52. The maximum Gasteiger partial charge on any atom is 0.475 e. The van der Waals surface area contributed by atoms with E-state index in [1.54, 1.807) is 41.5 Å². The number of thioether (sulfide) groups is 2. The van der Waals surface area contributed by atoms with E-state index >= 15 is 4.39 Å². The van der Waals surface area contributed by atoms with Crippen molar-refractivity contribution in [3.63, 3.8) is 0 Å². The smallest absolute Gasteiger partial charge is 0.384 e. The quantitative estimate of drug-likeness (QED) is 0.223. The van der Waals surface area contributed by atoms with E-state index in [0.717, 1.165) is 42.7 Å². The van der Waals surface area contributed by atoms with E-state index in [0.29, 0.717) is 4.57 Å². The van der Waals surface area contributed by atoms with Crippen LogP contribution in [0.25, 0.3) is 0 Å². The van der Waals surface area contributed by atoms with Gasteiger partial charge in [-0.25, -0.2) is 13.8 Å². The first-order valence-corrected chi connectivity index (χ1v) is 16.0. The number of carbonyl (C=O) groups is 2. The number of hydrogen-bond donors (Lipinski definition) is 3. The zero-order chi connectivity index (χ0) is 31.4. The summed E-state index contributed by atoms with van der Waals surface area (Å²) in [6, 6.07) is 0.933. The minimum absolute atomic E-state index is 0.0654. The number of phosphoric ester groups is 1. The first-order chi connectivity index (χ1) is 18.6. The lowest BCUT2D eigenvalue weighted by Gasteiger charge is -2.28. The minimum atomic E-state index is -4.57. The lowest BCUT2D eigenvalue weighted by molar-refractivity contribution is -0.205. The number of phosphoric acid groups is 1. The van der Waals surface area contributed by atoms with Gasteiger partial charge in [-0.2, -0.15) is 0 Å². The Morgan fingerprint density at radius 3 is 2.00 bits per heavy atom. The van der Waals surface area contributed by atoms with Gasteiger partial charge in [-0.1, -0.05) is 65.1 Å². The Morgan fingerprint density at radius 1 is 1.07 bits per heavy atom. The molecular weight excluding hydrogens is 606 g/mol. The van der Waals surface area contributed by atoms with Gasteiger partial charge in [-0.15, -0.1) is 0 Å². The van der Waals surface area contributed by atoms with Crippen LogP contribution >= 0.6 is 31.3 Å². The van der Waals surface area contributed by atoms with E-state index in [2.05, 4.69) is 0 Å². The molecular formula is C24H38FN2O11PS2. The van der Waals surface area contributed by atoms with Crippen molar-refractivity contribution in [2.24, 2.45) is 10.8 Å². The number of aromatic amines is 1. The lowest BCUT2D eigenvalue weighted by Crippen LogP contribution is -2.50. The minimum Gasteiger partial charge on any atom is -0.384 e. The first kappa shape index (κ1) is 35.8. The Bertz CT molecular complexity index is 1220. The molecule has 2 heterocycles. The summed E-state index contributed by atoms with van der Waals surface area (Å²) in [5, 5.41) is 21.1. The summed E-state index contributed by atoms with van der Waals surface area (Å²) in [5.41, 5.74) is -5.45. The molecule has 4 atom stereocenters. The molecule has 0 bridgehead atoms. The Kier molecular flexibility index (Phi) is 11.8. The topological polar surface area (TPSA) is 183 Å². The fourth-order valence-electron chi connectivity index (χ4n) is 3.28. The second-order valence-electron chi connectivity index (χ2n) is 11.6. The van der Waals surface area contributed by atoms with E-state index in [1.807, 2.05) is 4.98 Å². The van der Waals surface area contributed by atoms with Crippen molar-refractivity contribution in [1.29, 1.82) is 0 Å². The highest BCUT2D eigenvalue weighted by Crippen LogP contribution is 2.53. The highest BCUT2D eigenvalue weighted by atomic mass is 32.2. The van der Waals surface area contributed by atoms with Gasteiger partial charge in [0.25, 0.3) is 11.4 Å². The molecule has 1 aromatic heterocycles. The van der Waals surface area contributed by atoms with Gasteiger partial charge in [0.15, 0.2) is 16.5 Å². The molecule has 2 rings (SSSR count). The van der Waals surface area contributed by atoms with Crippen LogP contribution in [-0.2, 0) is 32.5 Å². The van der Waals surface area contributed by atoms with E-state index < -0.39 is 60.3 Å². The number of ether oxygens (including phenoxy) is 1. The van der Waals surface area contributed by atoms with Crippen molar-refractivity contribution >= 4 is 41.6 Å². The number of hydrogen-bond acceptors (Lipinski definition) is 13. The van der Waals surface area contributed by atoms with Gasteiger partial charge in [-0.3, -0.25) is 37.5 Å². The number of alkyl halides is 1. The van der Waals surface area contributed by atoms with Gasteiger partial charge in [0, 0.05) is 34.6 Å². The van der Waals surface area contributed by atoms with E-state index in [1.165, 1.54) is 0 Å². The molecule has 234 valence electrons. The second-order valence-corrected chi connectivity index (χ2v) is 15.4. The van der Waals surface area contributed by atoms with Crippen LogP contribution in [0.2, 0.25) is 0 Å². The molecule has 41 heavy (non-hydrogen) atoms. The zero-order valence-corrected chi connectivity index (χ0v) is 26.5. The molecule has 0 amide bonds. The van der Waals surface area contributed by atoms with Gasteiger partial charge < -0.3 is 14.9 Å². The first-order valence-electron chi connectivity index (χ1n) is 12.6. The van der Waals surface area contributed by atoms with Crippen molar-refractivity contribution in [3.05, 3.63) is 33.1 Å². The fourth-order valence-corrected chi connectivity index (χ4v) is 6.29. The third-order valence-electron chi connectivity index (χ3n) is 5.65. The molecule has 1 aliphatic heterocycles. The fraction of sp³-hybridized carbons (Fsp3) is 0.750. The number of aromatic nitrogens is 2. The van der Waals surface area contributed by atoms with Crippen LogP contribution in [0.1, 0.15) is 54.7 Å². The van der Waals surface area contributed by atoms with Crippen LogP contribution in [0, 0.1) is 10.8 Å². The lowest BCUT2D eigenvalue weighted by atomic mass is 9.95. The van der Waals surface area contributed by atoms with E-state index in [4.69, 9.17) is 18.3 Å².